The molecule has 20 heavy (non-hydrogen) atoms. The van der Waals surface area contributed by atoms with Crippen LogP contribution in [0.2, 0.25) is 5.02 Å². The van der Waals surface area contributed by atoms with Gasteiger partial charge in [0.1, 0.15) is 6.61 Å². The summed E-state index contributed by atoms with van der Waals surface area (Å²) in [6.45, 7) is -1.68. The second kappa shape index (κ2) is 5.79. The van der Waals surface area contributed by atoms with E-state index in [0.717, 1.165) is 5.56 Å². The van der Waals surface area contributed by atoms with Crippen molar-refractivity contribution in [3.05, 3.63) is 28.3 Å². The Morgan fingerprint density at radius 1 is 1.40 bits per heavy atom. The van der Waals surface area contributed by atoms with Crippen LogP contribution in [-0.4, -0.2) is 25.3 Å². The average Bonchev–Trinajstić information content (AvgIpc) is 2.65. The van der Waals surface area contributed by atoms with Gasteiger partial charge >= 0.3 is 6.18 Å². The van der Waals surface area contributed by atoms with Crippen LogP contribution in [0, 0.1) is 0 Å². The van der Waals surface area contributed by atoms with E-state index in [2.05, 4.69) is 10.1 Å². The smallest absolute Gasteiger partial charge is 0.370 e. The highest BCUT2D eigenvalue weighted by molar-refractivity contribution is 6.33. The standard InChI is InChI=1S/C12H10Cl2F3NO2/c13-8-3-10-6(2-11(19)18-10)1-7(8)9(14)4-20-5-12(15,16)17/h1,3,9H,2,4-5H2,(H,18,19). The molecule has 1 aromatic carbocycles. The number of fused-ring (bicyclic) bond motifs is 1. The van der Waals surface area contributed by atoms with Gasteiger partial charge in [0, 0.05) is 10.7 Å². The van der Waals surface area contributed by atoms with Gasteiger partial charge in [-0.15, -0.1) is 11.6 Å². The first-order valence-electron chi connectivity index (χ1n) is 5.67. The Morgan fingerprint density at radius 2 is 2.10 bits per heavy atom. The van der Waals surface area contributed by atoms with Gasteiger partial charge in [0.15, 0.2) is 0 Å². The van der Waals surface area contributed by atoms with E-state index in [1.165, 1.54) is 6.07 Å². The van der Waals surface area contributed by atoms with Crippen LogP contribution >= 0.6 is 23.2 Å². The number of nitrogens with one attached hydrogen (secondary N) is 1. The number of amides is 1. The number of ether oxygens (including phenoxy) is 1. The van der Waals surface area contributed by atoms with Crippen molar-refractivity contribution in [2.45, 2.75) is 18.0 Å². The van der Waals surface area contributed by atoms with Crippen molar-refractivity contribution >= 4 is 34.8 Å². The molecule has 1 aromatic rings. The zero-order chi connectivity index (χ0) is 14.9. The third-order valence-electron chi connectivity index (χ3n) is 2.71. The van der Waals surface area contributed by atoms with Gasteiger partial charge in [-0.3, -0.25) is 4.79 Å². The predicted molar refractivity (Wildman–Crippen MR) is 69.3 cm³/mol. The minimum absolute atomic E-state index is 0.160. The largest absolute Gasteiger partial charge is 0.411 e. The lowest BCUT2D eigenvalue weighted by Crippen LogP contribution is -2.18. The van der Waals surface area contributed by atoms with E-state index in [1.807, 2.05) is 0 Å². The molecule has 1 amide bonds. The van der Waals surface area contributed by atoms with Gasteiger partial charge in [0.25, 0.3) is 0 Å². The summed E-state index contributed by atoms with van der Waals surface area (Å²) in [5.74, 6) is -0.160. The summed E-state index contributed by atoms with van der Waals surface area (Å²) in [6.07, 6.45) is -4.19. The van der Waals surface area contributed by atoms with Crippen LogP contribution in [0.3, 0.4) is 0 Å². The van der Waals surface area contributed by atoms with Gasteiger partial charge < -0.3 is 10.1 Å². The van der Waals surface area contributed by atoms with Gasteiger partial charge in [-0.1, -0.05) is 17.7 Å². The Balaban J connectivity index is 2.05. The third-order valence-corrected chi connectivity index (χ3v) is 3.40. The van der Waals surface area contributed by atoms with Gasteiger partial charge in [0.05, 0.1) is 18.4 Å². The summed E-state index contributed by atoms with van der Waals surface area (Å²) < 4.78 is 40.4. The molecule has 3 nitrogen and oxygen atoms in total. The maximum atomic E-state index is 12.0. The van der Waals surface area contributed by atoms with E-state index in [1.54, 1.807) is 6.07 Å². The molecule has 1 heterocycles. The van der Waals surface area contributed by atoms with Crippen molar-refractivity contribution in [3.63, 3.8) is 0 Å². The summed E-state index contributed by atoms with van der Waals surface area (Å²) in [5, 5.41) is 2.09. The number of alkyl halides is 4. The number of carbonyl (C=O) groups excluding carboxylic acids is 1. The lowest BCUT2D eigenvalue weighted by molar-refractivity contribution is -0.173. The highest BCUT2D eigenvalue weighted by atomic mass is 35.5. The van der Waals surface area contributed by atoms with Crippen LogP contribution in [0.4, 0.5) is 18.9 Å². The maximum Gasteiger partial charge on any atom is 0.411 e. The molecule has 0 aliphatic carbocycles. The van der Waals surface area contributed by atoms with Crippen molar-refractivity contribution in [1.29, 1.82) is 0 Å². The van der Waals surface area contributed by atoms with E-state index >= 15 is 0 Å². The summed E-state index contributed by atoms with van der Waals surface area (Å²) in [6, 6.07) is 3.15. The molecule has 2 rings (SSSR count). The molecular formula is C12H10Cl2F3NO2. The fraction of sp³-hybridized carbons (Fsp3) is 0.417. The minimum atomic E-state index is -4.39. The third kappa shape index (κ3) is 3.77. The quantitative estimate of drug-likeness (QED) is 0.856. The molecule has 0 spiro atoms. The Bertz CT molecular complexity index is 534. The van der Waals surface area contributed by atoms with Crippen molar-refractivity contribution in [1.82, 2.24) is 0 Å². The monoisotopic (exact) mass is 327 g/mol. The maximum absolute atomic E-state index is 12.0. The van der Waals surface area contributed by atoms with Crippen LogP contribution in [0.1, 0.15) is 16.5 Å². The Hall–Kier alpha value is -0.980. The average molecular weight is 328 g/mol. The van der Waals surface area contributed by atoms with E-state index in [-0.39, 0.29) is 24.0 Å². The minimum Gasteiger partial charge on any atom is -0.370 e. The Labute approximate surface area is 123 Å². The first-order valence-corrected chi connectivity index (χ1v) is 6.48. The van der Waals surface area contributed by atoms with Crippen LogP contribution in [0.15, 0.2) is 12.1 Å². The Kier molecular flexibility index (Phi) is 4.46. The first-order chi connectivity index (χ1) is 9.26. The van der Waals surface area contributed by atoms with E-state index in [9.17, 15) is 18.0 Å². The normalized spacial score (nSPS) is 15.9. The van der Waals surface area contributed by atoms with Gasteiger partial charge in [-0.2, -0.15) is 13.2 Å². The zero-order valence-corrected chi connectivity index (χ0v) is 11.6. The van der Waals surface area contributed by atoms with Crippen molar-refractivity contribution in [3.8, 4) is 0 Å². The summed E-state index contributed by atoms with van der Waals surface area (Å²) in [7, 11) is 0. The summed E-state index contributed by atoms with van der Waals surface area (Å²) >= 11 is 12.0. The molecule has 0 radical (unpaired) electrons. The molecule has 1 aliphatic rings. The van der Waals surface area contributed by atoms with Gasteiger partial charge in [-0.25, -0.2) is 0 Å². The number of rotatable bonds is 4. The molecule has 110 valence electrons. The van der Waals surface area contributed by atoms with Crippen LogP contribution in [-0.2, 0) is 16.0 Å². The first kappa shape index (κ1) is 15.4. The predicted octanol–water partition coefficient (Wildman–Crippen LogP) is 3.69. The second-order valence-electron chi connectivity index (χ2n) is 4.35. The lowest BCUT2D eigenvalue weighted by Gasteiger charge is -2.14. The van der Waals surface area contributed by atoms with Crippen molar-refractivity contribution < 1.29 is 22.7 Å². The number of halogens is 5. The molecule has 0 saturated heterocycles. The molecular weight excluding hydrogens is 318 g/mol. The Morgan fingerprint density at radius 3 is 2.75 bits per heavy atom. The summed E-state index contributed by atoms with van der Waals surface area (Å²) in [4.78, 5) is 11.2. The molecule has 0 bridgehead atoms. The van der Waals surface area contributed by atoms with E-state index in [0.29, 0.717) is 11.3 Å². The van der Waals surface area contributed by atoms with E-state index in [4.69, 9.17) is 23.2 Å². The molecule has 0 saturated carbocycles. The number of anilines is 1. The van der Waals surface area contributed by atoms with Crippen molar-refractivity contribution in [2.24, 2.45) is 0 Å². The molecule has 1 unspecified atom stereocenters. The molecule has 0 fully saturated rings. The zero-order valence-electron chi connectivity index (χ0n) is 10.1. The molecule has 1 atom stereocenters. The van der Waals surface area contributed by atoms with Crippen molar-refractivity contribution in [2.75, 3.05) is 18.5 Å². The molecule has 1 N–H and O–H groups in total. The van der Waals surface area contributed by atoms with Gasteiger partial charge in [-0.05, 0) is 17.2 Å². The van der Waals surface area contributed by atoms with Crippen LogP contribution < -0.4 is 5.32 Å². The van der Waals surface area contributed by atoms with Crippen LogP contribution in [0.25, 0.3) is 0 Å². The number of hydrogen-bond acceptors (Lipinski definition) is 2. The highest BCUT2D eigenvalue weighted by Crippen LogP contribution is 2.35. The molecule has 8 heteroatoms. The lowest BCUT2D eigenvalue weighted by atomic mass is 10.1. The topological polar surface area (TPSA) is 38.3 Å². The number of benzene rings is 1. The van der Waals surface area contributed by atoms with Crippen LogP contribution in [0.5, 0.6) is 0 Å². The fourth-order valence-electron chi connectivity index (χ4n) is 1.88. The van der Waals surface area contributed by atoms with Gasteiger partial charge in [0.2, 0.25) is 5.91 Å². The molecule has 1 aliphatic heterocycles. The molecule has 0 aromatic heterocycles. The SMILES string of the molecule is O=C1Cc2cc(C(Cl)COCC(F)(F)F)c(Cl)cc2N1. The number of hydrogen-bond donors (Lipinski definition) is 1. The highest BCUT2D eigenvalue weighted by Gasteiger charge is 2.28. The second-order valence-corrected chi connectivity index (χ2v) is 5.29. The summed E-state index contributed by atoms with van der Waals surface area (Å²) in [5.41, 5.74) is 1.77. The fourth-order valence-corrected chi connectivity index (χ4v) is 2.50. The number of carbonyl (C=O) groups is 1. The van der Waals surface area contributed by atoms with E-state index < -0.39 is 18.2 Å².